The maximum Gasteiger partial charge on any atom is 1.00 e. The van der Waals surface area contributed by atoms with Gasteiger partial charge in [0, 0.05) is 33.4 Å². The predicted molar refractivity (Wildman–Crippen MR) is 284 cm³/mol. The Hall–Kier alpha value is -2.52. The maximum absolute atomic E-state index is 13.7. The van der Waals surface area contributed by atoms with Gasteiger partial charge in [-0.15, -0.1) is 0 Å². The Morgan fingerprint density at radius 3 is 1.34 bits per heavy atom. The number of nitriles is 2. The number of nitrogens with zero attached hydrogens (tertiary/aromatic N) is 4. The maximum atomic E-state index is 13.7. The summed E-state index contributed by atoms with van der Waals surface area (Å²) < 4.78 is 6.67. The van der Waals surface area contributed by atoms with Crippen molar-refractivity contribution < 1.29 is 148 Å². The Bertz CT molecular complexity index is 2560. The molecule has 0 spiro atoms. The first-order valence-electron chi connectivity index (χ1n) is 22.5. The van der Waals surface area contributed by atoms with E-state index in [1.165, 1.54) is 10.0 Å². The van der Waals surface area contributed by atoms with Crippen molar-refractivity contribution in [2.24, 2.45) is 10.8 Å². The van der Waals surface area contributed by atoms with E-state index in [0.717, 1.165) is 22.3 Å². The van der Waals surface area contributed by atoms with Gasteiger partial charge >= 0.3 is 103 Å². The molecule has 73 heavy (non-hydrogen) atoms. The number of hydrogen-bond acceptors (Lipinski definition) is 11. The molecule has 2 atom stereocenters. The van der Waals surface area contributed by atoms with Crippen molar-refractivity contribution in [2.75, 3.05) is 11.9 Å². The van der Waals surface area contributed by atoms with Gasteiger partial charge in [-0.3, -0.25) is 34.8 Å². The van der Waals surface area contributed by atoms with Gasteiger partial charge in [-0.2, -0.15) is 10.5 Å². The van der Waals surface area contributed by atoms with E-state index in [2.05, 4.69) is 63.5 Å². The average Bonchev–Trinajstić information content (AvgIpc) is 3.28. The molecular formula is C53H67Br3K2N6O9. The van der Waals surface area contributed by atoms with Crippen LogP contribution in [-0.2, 0) is 9.68 Å². The number of nitrogens with one attached hydrogen (secondary N) is 2. The van der Waals surface area contributed by atoms with Crippen molar-refractivity contribution in [2.45, 2.75) is 122 Å². The van der Waals surface area contributed by atoms with Gasteiger partial charge in [-0.05, 0) is 146 Å². The first-order valence-corrected chi connectivity index (χ1v) is 25.2. The van der Waals surface area contributed by atoms with Crippen LogP contribution in [0.3, 0.4) is 0 Å². The minimum absolute atomic E-state index is 0. The molecule has 3 N–H and O–H groups in total. The summed E-state index contributed by atoms with van der Waals surface area (Å²) in [5.41, 5.74) is 11.9. The SMILES string of the molecule is CC[C@@H](N(NC(=O)c1ccc(Br)c(O)c1C)C(=O)c1cc(C)cc(C)c1)C(C)(C)C.CC[C@@H](N(NC(=O)c1ccc(Br)c(OCC#N)c1C)C(=O)c1cc(C)cc(C)c1)C(C)(C)C.N#CCBr.O=CO[O-].[H-].[K+].[K+]. The van der Waals surface area contributed by atoms with Gasteiger partial charge < -0.3 is 21.4 Å². The minimum atomic E-state index is -0.435. The fraction of sp³-hybridized carbons (Fsp3) is 0.415. The number of aromatic hydroxyl groups is 1. The molecule has 0 saturated carbocycles. The van der Waals surface area contributed by atoms with Crippen molar-refractivity contribution in [1.29, 1.82) is 10.5 Å². The molecule has 4 rings (SSSR count). The molecule has 0 heterocycles. The molecule has 0 saturated heterocycles. The van der Waals surface area contributed by atoms with Gasteiger partial charge in [-0.25, -0.2) is 10.0 Å². The summed E-state index contributed by atoms with van der Waals surface area (Å²) in [4.78, 5) is 64.9. The normalized spacial score (nSPS) is 11.1. The van der Waals surface area contributed by atoms with Crippen molar-refractivity contribution in [3.05, 3.63) is 125 Å². The van der Waals surface area contributed by atoms with Crippen molar-refractivity contribution in [3.8, 4) is 23.6 Å². The van der Waals surface area contributed by atoms with Crippen LogP contribution in [0.5, 0.6) is 11.5 Å². The Balaban J connectivity index is -0.00000115. The fourth-order valence-electron chi connectivity index (χ4n) is 7.82. The number of carbonyl (C=O) groups is 5. The molecule has 20 heteroatoms. The van der Waals surface area contributed by atoms with Crippen molar-refractivity contribution >= 4 is 77.9 Å². The number of ether oxygens (including phenoxy) is 1. The summed E-state index contributed by atoms with van der Waals surface area (Å²) in [5.74, 6) is -0.918. The quantitative estimate of drug-likeness (QED) is 0.0593. The largest absolute Gasteiger partial charge is 1.00 e. The summed E-state index contributed by atoms with van der Waals surface area (Å²) in [6, 6.07) is 21.3. The van der Waals surface area contributed by atoms with Crippen molar-refractivity contribution in [3.63, 3.8) is 0 Å². The minimum Gasteiger partial charge on any atom is -1.00 e. The molecule has 0 aliphatic carbocycles. The first-order chi connectivity index (χ1) is 33.1. The smallest absolute Gasteiger partial charge is 1.00 e. The number of aryl methyl sites for hydroxylation is 4. The van der Waals surface area contributed by atoms with Crippen LogP contribution >= 0.6 is 47.8 Å². The predicted octanol–water partition coefficient (Wildman–Crippen LogP) is 5.04. The summed E-state index contributed by atoms with van der Waals surface area (Å²) >= 11 is 9.56. The Kier molecular flexibility index (Phi) is 34.8. The molecule has 4 aromatic rings. The van der Waals surface area contributed by atoms with Gasteiger partial charge in [0.2, 0.25) is 0 Å². The second-order valence-electron chi connectivity index (χ2n) is 18.6. The van der Waals surface area contributed by atoms with Crippen LogP contribution in [0.1, 0.15) is 144 Å². The average molecular weight is 1250 g/mol. The summed E-state index contributed by atoms with van der Waals surface area (Å²) in [6.45, 7) is 27.2. The van der Waals surface area contributed by atoms with Gasteiger partial charge in [0.15, 0.2) is 6.61 Å². The number of hydrogen-bond donors (Lipinski definition) is 3. The third-order valence-corrected chi connectivity index (χ3v) is 12.3. The van der Waals surface area contributed by atoms with Crippen LogP contribution in [0, 0.1) is 75.0 Å². The fourth-order valence-corrected chi connectivity index (χ4v) is 8.79. The third kappa shape index (κ3) is 22.9. The molecule has 0 aliphatic rings. The molecule has 4 aromatic carbocycles. The molecule has 0 unspecified atom stereocenters. The van der Waals surface area contributed by atoms with Gasteiger partial charge in [0.1, 0.15) is 17.6 Å². The number of phenolic OH excluding ortho intramolecular Hbond substituents is 1. The number of carbonyl (C=O) groups excluding carboxylic acids is 5. The van der Waals surface area contributed by atoms with Gasteiger partial charge in [-0.1, -0.05) is 106 Å². The van der Waals surface area contributed by atoms with Crippen molar-refractivity contribution in [1.82, 2.24) is 20.9 Å². The first kappa shape index (κ1) is 72.6. The number of amides is 4. The summed E-state index contributed by atoms with van der Waals surface area (Å²) in [5, 5.41) is 38.4. The van der Waals surface area contributed by atoms with E-state index >= 15 is 0 Å². The van der Waals surface area contributed by atoms with Crippen LogP contribution in [-0.4, -0.2) is 69.2 Å². The Morgan fingerprint density at radius 2 is 1.04 bits per heavy atom. The summed E-state index contributed by atoms with van der Waals surface area (Å²) in [6.07, 6.45) is 1.33. The number of benzene rings is 4. The van der Waals surface area contributed by atoms with Gasteiger partial charge in [0.25, 0.3) is 30.1 Å². The standard InChI is InChI=1S/C26H32BrN3O3.C24H31BrN2O3.C2H2BrN.CH2O3.2K.H/c1-8-22(26(5,6)7)30(25(32)19-14-16(2)13-17(3)15-19)29-24(31)20-9-10-21(27)23(18(20)4)33-12-11-28;1-8-20(24(5,6)7)27(23(30)17-12-14(2)11-15(3)13-17)26-22(29)18-9-10-19(25)21(28)16(18)4;3-1-2-4;2-1-4-3;;;/h9-10,13-15,22H,8,12H2,1-7H3,(H,29,31);9-13,20,28H,8H2,1-7H3,(H,26,29);1H2;1,3H;;;/q;;;;2*+1;-1/p-1/t22-;20-;;;;;/m11...../s1. The number of phenols is 1. The van der Waals surface area contributed by atoms with E-state index in [-0.39, 0.29) is 158 Å². The number of rotatable bonds is 11. The summed E-state index contributed by atoms with van der Waals surface area (Å²) in [7, 11) is 0. The number of hydrazine groups is 2. The van der Waals surface area contributed by atoms with E-state index in [9.17, 15) is 24.3 Å². The molecular weight excluding hydrogens is 1180 g/mol. The van der Waals surface area contributed by atoms with Crippen LogP contribution in [0.25, 0.3) is 0 Å². The molecule has 0 aliphatic heterocycles. The molecule has 4 amide bonds. The second-order valence-corrected chi connectivity index (χ2v) is 20.9. The van der Waals surface area contributed by atoms with E-state index in [1.807, 2.05) is 132 Å². The number of halogens is 3. The molecule has 0 bridgehead atoms. The molecule has 386 valence electrons. The van der Waals surface area contributed by atoms with E-state index in [0.29, 0.717) is 66.2 Å². The van der Waals surface area contributed by atoms with Crippen LogP contribution in [0.2, 0.25) is 0 Å². The zero-order chi connectivity index (χ0) is 54.6. The zero-order valence-electron chi connectivity index (χ0n) is 46.0. The van der Waals surface area contributed by atoms with E-state index in [1.54, 1.807) is 38.1 Å². The van der Waals surface area contributed by atoms with Crippen LogP contribution < -0.4 is 124 Å². The van der Waals surface area contributed by atoms with E-state index in [4.69, 9.17) is 25.3 Å². The molecule has 0 radical (unpaired) electrons. The Morgan fingerprint density at radius 1 is 0.699 bits per heavy atom. The Labute approximate surface area is 543 Å². The van der Waals surface area contributed by atoms with Crippen LogP contribution in [0.4, 0.5) is 0 Å². The molecule has 15 nitrogen and oxygen atoms in total. The molecule has 0 aromatic heterocycles. The third-order valence-electron chi connectivity index (χ3n) is 10.8. The zero-order valence-corrected chi connectivity index (χ0v) is 56.0. The molecule has 0 fully saturated rings. The second kappa shape index (κ2) is 35.0. The van der Waals surface area contributed by atoms with Crippen LogP contribution in [0.15, 0.2) is 69.6 Å². The van der Waals surface area contributed by atoms with Gasteiger partial charge in [0.05, 0.1) is 32.4 Å². The number of alkyl halides is 1. The van der Waals surface area contributed by atoms with E-state index < -0.39 is 11.8 Å². The monoisotopic (exact) mass is 1250 g/mol. The topological polar surface area (TPSA) is 225 Å².